The van der Waals surface area contributed by atoms with Crippen LogP contribution >= 0.6 is 0 Å². The van der Waals surface area contributed by atoms with E-state index in [4.69, 9.17) is 4.52 Å². The van der Waals surface area contributed by atoms with Crippen LogP contribution < -0.4 is 5.32 Å². The summed E-state index contributed by atoms with van der Waals surface area (Å²) in [6.07, 6.45) is 1.87. The zero-order valence-corrected chi connectivity index (χ0v) is 14.0. The van der Waals surface area contributed by atoms with Gasteiger partial charge in [-0.3, -0.25) is 10.1 Å². The third-order valence-corrected chi connectivity index (χ3v) is 4.25. The molecular formula is C17H23N3O3. The van der Waals surface area contributed by atoms with Crippen LogP contribution in [0.5, 0.6) is 0 Å². The number of aromatic nitrogens is 1. The van der Waals surface area contributed by atoms with Crippen molar-refractivity contribution in [3.05, 3.63) is 56.5 Å². The minimum Gasteiger partial charge on any atom is -0.361 e. The highest BCUT2D eigenvalue weighted by Crippen LogP contribution is 2.25. The largest absolute Gasteiger partial charge is 0.361 e. The molecule has 1 aromatic heterocycles. The first-order chi connectivity index (χ1) is 10.9. The second-order valence-corrected chi connectivity index (χ2v) is 5.83. The van der Waals surface area contributed by atoms with Crippen molar-refractivity contribution >= 4 is 5.69 Å². The highest BCUT2D eigenvalue weighted by Gasteiger charge is 2.16. The molecule has 6 heteroatoms. The monoisotopic (exact) mass is 317 g/mol. The van der Waals surface area contributed by atoms with Crippen molar-refractivity contribution in [2.45, 2.75) is 46.6 Å². The van der Waals surface area contributed by atoms with Gasteiger partial charge >= 0.3 is 0 Å². The molecule has 0 spiro atoms. The van der Waals surface area contributed by atoms with Gasteiger partial charge in [-0.2, -0.15) is 0 Å². The van der Waals surface area contributed by atoms with Crippen molar-refractivity contribution in [2.24, 2.45) is 0 Å². The van der Waals surface area contributed by atoms with Gasteiger partial charge in [0.1, 0.15) is 5.76 Å². The van der Waals surface area contributed by atoms with Crippen molar-refractivity contribution in [1.29, 1.82) is 0 Å². The molecule has 0 aliphatic rings. The molecule has 0 fully saturated rings. The standard InChI is InChI=1S/C17H23N3O3/c1-11-15(7-5-9-17(11)20(21)22)12(2)18-10-6-8-16-13(3)19-23-14(16)4/h5,7,9,12,18H,6,8,10H2,1-4H3. The van der Waals surface area contributed by atoms with Crippen LogP contribution in [-0.4, -0.2) is 16.6 Å². The second kappa shape index (κ2) is 7.37. The van der Waals surface area contributed by atoms with Crippen molar-refractivity contribution in [2.75, 3.05) is 6.54 Å². The molecule has 2 aromatic rings. The van der Waals surface area contributed by atoms with Crippen LogP contribution in [0.2, 0.25) is 0 Å². The maximum absolute atomic E-state index is 11.0. The maximum Gasteiger partial charge on any atom is 0.272 e. The lowest BCUT2D eigenvalue weighted by Crippen LogP contribution is -2.21. The van der Waals surface area contributed by atoms with Gasteiger partial charge in [0.25, 0.3) is 5.69 Å². The first-order valence-electron chi connectivity index (χ1n) is 7.80. The summed E-state index contributed by atoms with van der Waals surface area (Å²) >= 11 is 0. The second-order valence-electron chi connectivity index (χ2n) is 5.83. The van der Waals surface area contributed by atoms with E-state index in [1.165, 1.54) is 5.56 Å². The topological polar surface area (TPSA) is 81.2 Å². The third kappa shape index (κ3) is 3.96. The van der Waals surface area contributed by atoms with Crippen LogP contribution in [0.1, 0.15) is 47.5 Å². The molecule has 1 unspecified atom stereocenters. The first kappa shape index (κ1) is 17.1. The van der Waals surface area contributed by atoms with Crippen LogP contribution in [0.25, 0.3) is 0 Å². The number of benzene rings is 1. The van der Waals surface area contributed by atoms with E-state index in [0.717, 1.165) is 42.0 Å². The lowest BCUT2D eigenvalue weighted by Gasteiger charge is -2.16. The summed E-state index contributed by atoms with van der Waals surface area (Å²) < 4.78 is 5.16. The van der Waals surface area contributed by atoms with Crippen LogP contribution in [0.4, 0.5) is 5.69 Å². The average molecular weight is 317 g/mol. The summed E-state index contributed by atoms with van der Waals surface area (Å²) in [4.78, 5) is 10.7. The van der Waals surface area contributed by atoms with Gasteiger partial charge in [-0.25, -0.2) is 0 Å². The Morgan fingerprint density at radius 2 is 2.09 bits per heavy atom. The molecule has 6 nitrogen and oxygen atoms in total. The van der Waals surface area contributed by atoms with Crippen LogP contribution in [0.3, 0.4) is 0 Å². The molecule has 0 saturated heterocycles. The highest BCUT2D eigenvalue weighted by molar-refractivity contribution is 5.45. The molecule has 0 saturated carbocycles. The average Bonchev–Trinajstić information content (AvgIpc) is 2.82. The SMILES string of the molecule is Cc1noc(C)c1CCCNC(C)c1cccc([N+](=O)[O-])c1C. The fourth-order valence-electron chi connectivity index (χ4n) is 2.86. The van der Waals surface area contributed by atoms with E-state index < -0.39 is 0 Å². The molecule has 124 valence electrons. The fourth-order valence-corrected chi connectivity index (χ4v) is 2.86. The molecule has 1 N–H and O–H groups in total. The zero-order chi connectivity index (χ0) is 17.0. The lowest BCUT2D eigenvalue weighted by molar-refractivity contribution is -0.385. The smallest absolute Gasteiger partial charge is 0.272 e. The van der Waals surface area contributed by atoms with Gasteiger partial charge < -0.3 is 9.84 Å². The zero-order valence-electron chi connectivity index (χ0n) is 14.0. The number of rotatable bonds is 7. The third-order valence-electron chi connectivity index (χ3n) is 4.25. The Balaban J connectivity index is 1.92. The van der Waals surface area contributed by atoms with Gasteiger partial charge in [0.2, 0.25) is 0 Å². The molecule has 0 aliphatic heterocycles. The Kier molecular flexibility index (Phi) is 5.50. The lowest BCUT2D eigenvalue weighted by atomic mass is 10.0. The molecule has 0 radical (unpaired) electrons. The van der Waals surface area contributed by atoms with Crippen molar-refractivity contribution < 1.29 is 9.45 Å². The van der Waals surface area contributed by atoms with E-state index in [1.54, 1.807) is 19.1 Å². The van der Waals surface area contributed by atoms with E-state index in [9.17, 15) is 10.1 Å². The molecule has 1 aromatic carbocycles. The van der Waals surface area contributed by atoms with Gasteiger partial charge in [0, 0.05) is 23.2 Å². The van der Waals surface area contributed by atoms with E-state index >= 15 is 0 Å². The molecule has 0 amide bonds. The molecule has 1 atom stereocenters. The summed E-state index contributed by atoms with van der Waals surface area (Å²) in [6.45, 7) is 8.54. The minimum absolute atomic E-state index is 0.0690. The number of hydrogen-bond donors (Lipinski definition) is 1. The Hall–Kier alpha value is -2.21. The van der Waals surface area contributed by atoms with Crippen LogP contribution in [-0.2, 0) is 6.42 Å². The van der Waals surface area contributed by atoms with Crippen molar-refractivity contribution in [1.82, 2.24) is 10.5 Å². The highest BCUT2D eigenvalue weighted by atomic mass is 16.6. The summed E-state index contributed by atoms with van der Waals surface area (Å²) in [5, 5.41) is 18.4. The van der Waals surface area contributed by atoms with Crippen molar-refractivity contribution in [3.8, 4) is 0 Å². The molecule has 2 rings (SSSR count). The van der Waals surface area contributed by atoms with E-state index in [2.05, 4.69) is 10.5 Å². The Morgan fingerprint density at radius 1 is 1.35 bits per heavy atom. The Morgan fingerprint density at radius 3 is 2.70 bits per heavy atom. The predicted octanol–water partition coefficient (Wildman–Crippen LogP) is 3.79. The summed E-state index contributed by atoms with van der Waals surface area (Å²) in [5.41, 5.74) is 3.99. The number of nitro benzene ring substituents is 1. The summed E-state index contributed by atoms with van der Waals surface area (Å²) in [7, 11) is 0. The minimum atomic E-state index is -0.330. The quantitative estimate of drug-likeness (QED) is 0.477. The van der Waals surface area contributed by atoms with Gasteiger partial charge in [-0.15, -0.1) is 0 Å². The Labute approximate surface area is 136 Å². The van der Waals surface area contributed by atoms with E-state index in [1.807, 2.05) is 26.8 Å². The summed E-state index contributed by atoms with van der Waals surface area (Å²) in [6, 6.07) is 5.29. The van der Waals surface area contributed by atoms with Gasteiger partial charge in [0.05, 0.1) is 10.6 Å². The molecular weight excluding hydrogens is 294 g/mol. The number of hydrogen-bond acceptors (Lipinski definition) is 5. The fraction of sp³-hybridized carbons (Fsp3) is 0.471. The normalized spacial score (nSPS) is 12.3. The molecule has 0 bridgehead atoms. The van der Waals surface area contributed by atoms with Gasteiger partial charge in [-0.05, 0) is 52.6 Å². The predicted molar refractivity (Wildman–Crippen MR) is 88.5 cm³/mol. The number of aryl methyl sites for hydroxylation is 2. The summed E-state index contributed by atoms with van der Waals surface area (Å²) in [5.74, 6) is 0.880. The number of nitrogens with one attached hydrogen (secondary N) is 1. The molecule has 1 heterocycles. The first-order valence-corrected chi connectivity index (χ1v) is 7.80. The van der Waals surface area contributed by atoms with Crippen LogP contribution in [0, 0.1) is 30.9 Å². The van der Waals surface area contributed by atoms with Gasteiger partial charge in [-0.1, -0.05) is 17.3 Å². The molecule has 0 aliphatic carbocycles. The van der Waals surface area contributed by atoms with Crippen molar-refractivity contribution in [3.63, 3.8) is 0 Å². The number of nitro groups is 1. The van der Waals surface area contributed by atoms with E-state index in [-0.39, 0.29) is 16.7 Å². The maximum atomic E-state index is 11.0. The number of nitrogens with zero attached hydrogens (tertiary/aromatic N) is 2. The molecule has 23 heavy (non-hydrogen) atoms. The van der Waals surface area contributed by atoms with E-state index in [0.29, 0.717) is 0 Å². The van der Waals surface area contributed by atoms with Gasteiger partial charge in [0.15, 0.2) is 0 Å². The van der Waals surface area contributed by atoms with Crippen LogP contribution in [0.15, 0.2) is 22.7 Å². The Bertz CT molecular complexity index is 675.